The smallest absolute Gasteiger partial charge is 1.00 e. The Morgan fingerprint density at radius 1 is 1.83 bits per heavy atom. The van der Waals surface area contributed by atoms with Crippen LogP contribution in [-0.4, -0.2) is 16.4 Å². The third kappa shape index (κ3) is 8.85. The van der Waals surface area contributed by atoms with E-state index in [1.165, 1.54) is 0 Å². The predicted octanol–water partition coefficient (Wildman–Crippen LogP) is -3.24. The topological polar surface area (TPSA) is 69.6 Å². The normalized spacial score (nSPS) is 5.50. The van der Waals surface area contributed by atoms with Crippen LogP contribution >= 0.6 is 0 Å². The van der Waals surface area contributed by atoms with Crippen molar-refractivity contribution in [1.82, 2.24) is 5.48 Å². The second kappa shape index (κ2) is 5.87. The summed E-state index contributed by atoms with van der Waals surface area (Å²) in [6, 6.07) is 0. The molecule has 0 saturated heterocycles. The van der Waals surface area contributed by atoms with Crippen molar-refractivity contribution in [2.24, 2.45) is 0 Å². The van der Waals surface area contributed by atoms with Gasteiger partial charge in [0.25, 0.3) is 0 Å². The van der Waals surface area contributed by atoms with Gasteiger partial charge in [-0.2, -0.15) is 0 Å². The third-order valence-corrected chi connectivity index (χ3v) is 0.0956. The Morgan fingerprint density at radius 2 is 2.00 bits per heavy atom. The molecule has 1 amide bonds. The molecule has 0 heterocycles. The van der Waals surface area contributed by atoms with Gasteiger partial charge >= 0.3 is 57.5 Å². The van der Waals surface area contributed by atoms with E-state index in [0.717, 1.165) is 5.48 Å². The number of hydroxylamine groups is 1. The van der Waals surface area contributed by atoms with Gasteiger partial charge in [-0.1, -0.05) is 0 Å². The summed E-state index contributed by atoms with van der Waals surface area (Å²) < 4.78 is 0. The van der Waals surface area contributed by atoms with Crippen LogP contribution in [0.15, 0.2) is 0 Å². The van der Waals surface area contributed by atoms with Crippen LogP contribution in [0.1, 0.15) is 1.43 Å². The van der Waals surface area contributed by atoms with Crippen molar-refractivity contribution in [2.45, 2.75) is 0 Å². The molecule has 0 aliphatic heterocycles. The zero-order valence-corrected chi connectivity index (χ0v) is 6.43. The molecule has 5 heteroatoms. The van der Waals surface area contributed by atoms with Gasteiger partial charge in [-0.05, 0) is 0 Å². The van der Waals surface area contributed by atoms with Gasteiger partial charge in [0.2, 0.25) is 0 Å². The van der Waals surface area contributed by atoms with Crippen LogP contribution in [0.4, 0.5) is 4.79 Å². The molecule has 0 aliphatic rings. The van der Waals surface area contributed by atoms with Crippen molar-refractivity contribution in [1.29, 1.82) is 0 Å². The van der Waals surface area contributed by atoms with Crippen molar-refractivity contribution < 1.29 is 67.9 Å². The first-order chi connectivity index (χ1) is 2.27. The van der Waals surface area contributed by atoms with Gasteiger partial charge in [0.05, 0.1) is 0 Å². The van der Waals surface area contributed by atoms with Gasteiger partial charge in [0.1, 0.15) is 0 Å². The van der Waals surface area contributed by atoms with E-state index in [1.54, 1.807) is 0 Å². The Bertz CT molecular complexity index is 50.2. The molecule has 0 aromatic heterocycles. The number of rotatable bonds is 0. The van der Waals surface area contributed by atoms with Gasteiger partial charge < -0.3 is 6.53 Å². The molecule has 0 saturated carbocycles. The molecule has 4 nitrogen and oxygen atoms in total. The summed E-state index contributed by atoms with van der Waals surface area (Å²) in [7, 11) is 0. The maximum atomic E-state index is 9.01. The van der Waals surface area contributed by atoms with Gasteiger partial charge in [-0.15, -0.1) is 0 Å². The molecular formula is CH4KNO3. The molecule has 0 aliphatic carbocycles. The minimum atomic E-state index is -1.44. The number of carboxylic acid groups (broad SMARTS) is 1. The molecule has 0 aromatic rings. The molecule has 0 atom stereocenters. The van der Waals surface area contributed by atoms with Gasteiger partial charge in [-0.3, -0.25) is 5.21 Å². The standard InChI is InChI=1S/CH3NO3.K.H/c3-1(4)2-5;;/h2,5H,(H,3,4);;/q;+1;-1. The second-order valence-corrected chi connectivity index (χ2v) is 0.417. The minimum Gasteiger partial charge on any atom is -1.00 e. The van der Waals surface area contributed by atoms with E-state index >= 15 is 0 Å². The summed E-state index contributed by atoms with van der Waals surface area (Å²) in [6.45, 7) is 0. The molecule has 32 valence electrons. The summed E-state index contributed by atoms with van der Waals surface area (Å²) in [5, 5.41) is 14.7. The van der Waals surface area contributed by atoms with Gasteiger partial charge in [0.15, 0.2) is 0 Å². The van der Waals surface area contributed by atoms with Crippen molar-refractivity contribution in [3.63, 3.8) is 0 Å². The molecule has 0 radical (unpaired) electrons. The van der Waals surface area contributed by atoms with Crippen LogP contribution in [0.25, 0.3) is 0 Å². The van der Waals surface area contributed by atoms with E-state index in [9.17, 15) is 0 Å². The molecule has 3 N–H and O–H groups in total. The van der Waals surface area contributed by atoms with Crippen molar-refractivity contribution in [2.75, 3.05) is 0 Å². The van der Waals surface area contributed by atoms with E-state index < -0.39 is 6.09 Å². The van der Waals surface area contributed by atoms with Gasteiger partial charge in [0, 0.05) is 0 Å². The van der Waals surface area contributed by atoms with E-state index in [2.05, 4.69) is 0 Å². The second-order valence-electron chi connectivity index (χ2n) is 0.417. The molecular weight excluding hydrogens is 113 g/mol. The third-order valence-electron chi connectivity index (χ3n) is 0.0956. The summed E-state index contributed by atoms with van der Waals surface area (Å²) in [6.07, 6.45) is -1.44. The maximum absolute atomic E-state index is 9.01. The average molecular weight is 117 g/mol. The number of nitrogens with one attached hydrogen (secondary N) is 1. The average Bonchev–Trinajstić information content (AvgIpc) is 1.38. The number of carbonyl (C=O) groups is 1. The summed E-state index contributed by atoms with van der Waals surface area (Å²) in [5.41, 5.74) is 0.944. The van der Waals surface area contributed by atoms with Gasteiger partial charge in [-0.25, -0.2) is 10.3 Å². The van der Waals surface area contributed by atoms with Crippen molar-refractivity contribution >= 4 is 6.09 Å². The number of hydrogen-bond donors (Lipinski definition) is 3. The van der Waals surface area contributed by atoms with Crippen LogP contribution in [0.5, 0.6) is 0 Å². The summed E-state index contributed by atoms with van der Waals surface area (Å²) in [5.74, 6) is 0. The van der Waals surface area contributed by atoms with Crippen LogP contribution < -0.4 is 56.9 Å². The van der Waals surface area contributed by atoms with E-state index in [1.807, 2.05) is 0 Å². The fourth-order valence-corrected chi connectivity index (χ4v) is 0. The fourth-order valence-electron chi connectivity index (χ4n) is 0. The van der Waals surface area contributed by atoms with Crippen LogP contribution in [0.2, 0.25) is 0 Å². The van der Waals surface area contributed by atoms with E-state index in [0.29, 0.717) is 0 Å². The fraction of sp³-hybridized carbons (Fsp3) is 0. The minimum absolute atomic E-state index is 0. The molecule has 0 fully saturated rings. The van der Waals surface area contributed by atoms with Crippen LogP contribution in [-0.2, 0) is 0 Å². The first-order valence-electron chi connectivity index (χ1n) is 0.901. The first-order valence-corrected chi connectivity index (χ1v) is 0.901. The Hall–Kier alpha value is 0.866. The van der Waals surface area contributed by atoms with E-state index in [-0.39, 0.29) is 52.8 Å². The Balaban J connectivity index is -0.0000000800. The Kier molecular flexibility index (Phi) is 9.76. The molecule has 0 rings (SSSR count). The zero-order chi connectivity index (χ0) is 4.28. The quantitative estimate of drug-likeness (QED) is 0.177. The van der Waals surface area contributed by atoms with Crippen LogP contribution in [0, 0.1) is 0 Å². The number of hydrogen-bond acceptors (Lipinski definition) is 2. The summed E-state index contributed by atoms with van der Waals surface area (Å²) >= 11 is 0. The van der Waals surface area contributed by atoms with Crippen molar-refractivity contribution in [3.05, 3.63) is 0 Å². The molecule has 0 spiro atoms. The summed E-state index contributed by atoms with van der Waals surface area (Å²) in [4.78, 5) is 9.01. The predicted molar refractivity (Wildman–Crippen MR) is 14.1 cm³/mol. The van der Waals surface area contributed by atoms with Crippen molar-refractivity contribution in [3.8, 4) is 0 Å². The molecule has 0 unspecified atom stereocenters. The van der Waals surface area contributed by atoms with E-state index in [4.69, 9.17) is 15.1 Å². The molecule has 6 heavy (non-hydrogen) atoms. The Morgan fingerprint density at radius 3 is 2.00 bits per heavy atom. The maximum Gasteiger partial charge on any atom is 1.00 e. The Labute approximate surface area is 78.4 Å². The van der Waals surface area contributed by atoms with Crippen LogP contribution in [0.3, 0.4) is 0 Å². The largest absolute Gasteiger partial charge is 1.00 e. The monoisotopic (exact) mass is 117 g/mol. The molecule has 0 bridgehead atoms. The first kappa shape index (κ1) is 9.98. The molecule has 0 aromatic carbocycles. The number of amides is 1. The SMILES string of the molecule is O=C(O)NO.[H-].[K+]. The zero-order valence-electron chi connectivity index (χ0n) is 4.30.